The topological polar surface area (TPSA) is 16.4 Å². The number of aryl methyl sites for hydroxylation is 1. The Morgan fingerprint density at radius 3 is 1.89 bits per heavy atom. The fourth-order valence-electron chi connectivity index (χ4n) is 7.75. The molecule has 0 saturated carbocycles. The predicted molar refractivity (Wildman–Crippen MR) is 200 cm³/mol. The smallest absolute Gasteiger partial charge is 0.143 e. The minimum absolute atomic E-state index is 0.920. The molecule has 0 aliphatic rings. The van der Waals surface area contributed by atoms with Crippen molar-refractivity contribution >= 4 is 82.1 Å². The van der Waals surface area contributed by atoms with Crippen LogP contribution in [0, 0.1) is 6.92 Å². The molecule has 0 N–H and O–H groups in total. The lowest BCUT2D eigenvalue weighted by atomic mass is 9.92. The Hall–Kier alpha value is -6.12. The van der Waals surface area contributed by atoms with Crippen molar-refractivity contribution in [1.82, 2.24) is 0 Å². The van der Waals surface area contributed by atoms with Gasteiger partial charge in [-0.1, -0.05) is 127 Å². The zero-order valence-electron chi connectivity index (χ0n) is 25.9. The minimum Gasteiger partial charge on any atom is -0.455 e. The maximum Gasteiger partial charge on any atom is 0.143 e. The maximum atomic E-state index is 6.59. The number of rotatable bonds is 4. The molecule has 1 aromatic heterocycles. The molecule has 1 heterocycles. The molecule has 0 aliphatic heterocycles. The van der Waals surface area contributed by atoms with E-state index in [0.717, 1.165) is 44.4 Å². The Bertz CT molecular complexity index is 2780. The average molecular weight is 600 g/mol. The summed E-state index contributed by atoms with van der Waals surface area (Å²) in [5, 5.41) is 12.2. The van der Waals surface area contributed by atoms with Gasteiger partial charge in [0.05, 0.1) is 11.4 Å². The van der Waals surface area contributed by atoms with Gasteiger partial charge in [-0.25, -0.2) is 0 Å². The van der Waals surface area contributed by atoms with Gasteiger partial charge >= 0.3 is 0 Å². The van der Waals surface area contributed by atoms with Gasteiger partial charge in [-0.2, -0.15) is 0 Å². The Balaban J connectivity index is 1.32. The second-order valence-corrected chi connectivity index (χ2v) is 12.6. The Labute approximate surface area is 272 Å². The van der Waals surface area contributed by atoms with Gasteiger partial charge in [0.15, 0.2) is 0 Å². The van der Waals surface area contributed by atoms with Crippen molar-refractivity contribution in [2.24, 2.45) is 0 Å². The summed E-state index contributed by atoms with van der Waals surface area (Å²) in [4.78, 5) is 2.46. The first-order valence-corrected chi connectivity index (χ1v) is 16.2. The molecule has 47 heavy (non-hydrogen) atoms. The van der Waals surface area contributed by atoms with Crippen LogP contribution in [0.4, 0.5) is 17.1 Å². The van der Waals surface area contributed by atoms with Crippen LogP contribution in [0.5, 0.6) is 0 Å². The van der Waals surface area contributed by atoms with Crippen LogP contribution in [0.3, 0.4) is 0 Å². The molecule has 9 aromatic carbocycles. The summed E-state index contributed by atoms with van der Waals surface area (Å²) in [6.45, 7) is 2.17. The van der Waals surface area contributed by atoms with Gasteiger partial charge in [-0.15, -0.1) is 0 Å². The molecular formula is C45H29NO. The van der Waals surface area contributed by atoms with Crippen molar-refractivity contribution < 1.29 is 4.42 Å². The van der Waals surface area contributed by atoms with E-state index in [4.69, 9.17) is 4.42 Å². The fraction of sp³-hybridized carbons (Fsp3) is 0.0222. The highest BCUT2D eigenvalue weighted by molar-refractivity contribution is 6.27. The molecule has 220 valence electrons. The summed E-state index contributed by atoms with van der Waals surface area (Å²) in [6, 6.07) is 57.2. The molecule has 10 rings (SSSR count). The lowest BCUT2D eigenvalue weighted by Crippen LogP contribution is -2.11. The highest BCUT2D eigenvalue weighted by Gasteiger charge is 2.23. The summed E-state index contributed by atoms with van der Waals surface area (Å²) in [5.41, 5.74) is 8.85. The van der Waals surface area contributed by atoms with E-state index in [-0.39, 0.29) is 0 Å². The van der Waals surface area contributed by atoms with Gasteiger partial charge in [-0.05, 0) is 80.9 Å². The van der Waals surface area contributed by atoms with E-state index in [9.17, 15) is 0 Å². The molecule has 0 bridgehead atoms. The molecule has 0 amide bonds. The molecule has 0 atom stereocenters. The zero-order chi connectivity index (χ0) is 31.1. The lowest BCUT2D eigenvalue weighted by Gasteiger charge is -2.29. The van der Waals surface area contributed by atoms with Crippen LogP contribution in [0.25, 0.3) is 76.2 Å². The standard InChI is InChI=1S/C45H29NO/c1-28-9-7-16-41-42(28)38-27-40(35-14-5-6-15-36(35)45(38)47-41)46(34-23-19-30(20-24-34)29-10-3-2-4-11-29)39-26-22-33-18-17-31-12-8-13-32-21-25-37(39)44(33)43(31)32/h2-27H,1H3. The average Bonchev–Trinajstić information content (AvgIpc) is 3.52. The second kappa shape index (κ2) is 9.94. The number of furan rings is 1. The van der Waals surface area contributed by atoms with Gasteiger partial charge in [0, 0.05) is 32.6 Å². The van der Waals surface area contributed by atoms with E-state index in [0.29, 0.717) is 0 Å². The van der Waals surface area contributed by atoms with Gasteiger partial charge in [0.1, 0.15) is 11.2 Å². The summed E-state index contributed by atoms with van der Waals surface area (Å²) in [7, 11) is 0. The Morgan fingerprint density at radius 2 is 1.09 bits per heavy atom. The molecular weight excluding hydrogens is 571 g/mol. The minimum atomic E-state index is 0.920. The van der Waals surface area contributed by atoms with E-state index in [1.54, 1.807) is 0 Å². The number of fused-ring (bicyclic) bond motifs is 5. The van der Waals surface area contributed by atoms with E-state index in [1.807, 2.05) is 0 Å². The van der Waals surface area contributed by atoms with E-state index < -0.39 is 0 Å². The number of anilines is 3. The van der Waals surface area contributed by atoms with Crippen molar-refractivity contribution in [2.75, 3.05) is 4.90 Å². The van der Waals surface area contributed by atoms with Crippen LogP contribution in [0.2, 0.25) is 0 Å². The molecule has 2 heteroatoms. The largest absolute Gasteiger partial charge is 0.455 e. The first-order chi connectivity index (χ1) is 23.2. The predicted octanol–water partition coefficient (Wildman–Crippen LogP) is 13.1. The molecule has 10 aromatic rings. The summed E-state index contributed by atoms with van der Waals surface area (Å²) >= 11 is 0. The summed E-state index contributed by atoms with van der Waals surface area (Å²) in [5.74, 6) is 0. The van der Waals surface area contributed by atoms with Crippen molar-refractivity contribution in [3.8, 4) is 11.1 Å². The van der Waals surface area contributed by atoms with E-state index in [1.165, 1.54) is 54.4 Å². The van der Waals surface area contributed by atoms with E-state index >= 15 is 0 Å². The summed E-state index contributed by atoms with van der Waals surface area (Å²) in [6.07, 6.45) is 0. The first-order valence-electron chi connectivity index (χ1n) is 16.2. The normalized spacial score (nSPS) is 11.9. The van der Waals surface area contributed by atoms with E-state index in [2.05, 4.69) is 170 Å². The van der Waals surface area contributed by atoms with Crippen molar-refractivity contribution in [1.29, 1.82) is 0 Å². The van der Waals surface area contributed by atoms with Crippen LogP contribution < -0.4 is 4.90 Å². The molecule has 0 fully saturated rings. The molecule has 0 saturated heterocycles. The Morgan fingerprint density at radius 1 is 0.426 bits per heavy atom. The van der Waals surface area contributed by atoms with Crippen LogP contribution in [-0.2, 0) is 0 Å². The van der Waals surface area contributed by atoms with Gasteiger partial charge in [0.25, 0.3) is 0 Å². The van der Waals surface area contributed by atoms with Crippen molar-refractivity contribution in [3.05, 3.63) is 163 Å². The third kappa shape index (κ3) is 3.85. The third-order valence-corrected chi connectivity index (χ3v) is 9.91. The van der Waals surface area contributed by atoms with Crippen molar-refractivity contribution in [3.63, 3.8) is 0 Å². The molecule has 0 aliphatic carbocycles. The second-order valence-electron chi connectivity index (χ2n) is 12.6. The highest BCUT2D eigenvalue weighted by Crippen LogP contribution is 2.48. The Kier molecular flexibility index (Phi) is 5.53. The van der Waals surface area contributed by atoms with Crippen LogP contribution in [-0.4, -0.2) is 0 Å². The quantitative estimate of drug-likeness (QED) is 0.187. The lowest BCUT2D eigenvalue weighted by molar-refractivity contribution is 0.672. The van der Waals surface area contributed by atoms with Crippen LogP contribution in [0.1, 0.15) is 5.56 Å². The SMILES string of the molecule is Cc1cccc2oc3c4ccccc4c(N(c4ccc(-c5ccccc5)cc4)c4ccc5ccc6cccc7ccc4c5c67)cc3c12. The molecule has 0 radical (unpaired) electrons. The monoisotopic (exact) mass is 599 g/mol. The van der Waals surface area contributed by atoms with Crippen LogP contribution >= 0.6 is 0 Å². The third-order valence-electron chi connectivity index (χ3n) is 9.91. The number of benzene rings is 9. The summed E-state index contributed by atoms with van der Waals surface area (Å²) < 4.78 is 6.59. The number of nitrogens with zero attached hydrogens (tertiary/aromatic N) is 1. The zero-order valence-corrected chi connectivity index (χ0v) is 25.9. The molecule has 0 unspecified atom stereocenters. The first kappa shape index (κ1) is 26.1. The maximum absolute atomic E-state index is 6.59. The molecule has 2 nitrogen and oxygen atoms in total. The number of hydrogen-bond donors (Lipinski definition) is 0. The molecule has 0 spiro atoms. The van der Waals surface area contributed by atoms with Gasteiger partial charge in [-0.3, -0.25) is 0 Å². The fourth-order valence-corrected chi connectivity index (χ4v) is 7.75. The van der Waals surface area contributed by atoms with Gasteiger partial charge < -0.3 is 9.32 Å². The highest BCUT2D eigenvalue weighted by atomic mass is 16.3. The van der Waals surface area contributed by atoms with Crippen molar-refractivity contribution in [2.45, 2.75) is 6.92 Å². The number of hydrogen-bond acceptors (Lipinski definition) is 2. The van der Waals surface area contributed by atoms with Crippen LogP contribution in [0.15, 0.2) is 162 Å². The van der Waals surface area contributed by atoms with Gasteiger partial charge in [0.2, 0.25) is 0 Å².